The van der Waals surface area contributed by atoms with Gasteiger partial charge in [-0.1, -0.05) is 37.5 Å². The van der Waals surface area contributed by atoms with Crippen LogP contribution >= 0.6 is 0 Å². The number of rotatable bonds is 4. The lowest BCUT2D eigenvalue weighted by Gasteiger charge is -2.31. The zero-order valence-corrected chi connectivity index (χ0v) is 10.2. The molecule has 94 valence electrons. The Morgan fingerprint density at radius 3 is 2.59 bits per heavy atom. The third kappa shape index (κ3) is 3.20. The van der Waals surface area contributed by atoms with E-state index in [1.54, 1.807) is 0 Å². The molecular weight excluding hydrogens is 214 g/mol. The first kappa shape index (κ1) is 12.4. The highest BCUT2D eigenvalue weighted by Gasteiger charge is 2.30. The number of benzene rings is 1. The molecule has 3 N–H and O–H groups in total. The summed E-state index contributed by atoms with van der Waals surface area (Å²) < 4.78 is 5.74. The highest BCUT2D eigenvalue weighted by molar-refractivity contribution is 5.33. The molecule has 3 nitrogen and oxygen atoms in total. The fraction of sp³-hybridized carbons (Fsp3) is 0.571. The lowest BCUT2D eigenvalue weighted by atomic mass is 9.85. The van der Waals surface area contributed by atoms with Gasteiger partial charge in [0.2, 0.25) is 0 Å². The van der Waals surface area contributed by atoms with Crippen LogP contribution in [-0.4, -0.2) is 17.3 Å². The average Bonchev–Trinajstić information content (AvgIpc) is 2.38. The topological polar surface area (TPSA) is 55.5 Å². The van der Waals surface area contributed by atoms with Gasteiger partial charge < -0.3 is 15.6 Å². The van der Waals surface area contributed by atoms with Gasteiger partial charge in [0.1, 0.15) is 12.4 Å². The summed E-state index contributed by atoms with van der Waals surface area (Å²) in [5, 5.41) is 10.3. The van der Waals surface area contributed by atoms with Gasteiger partial charge >= 0.3 is 0 Å². The highest BCUT2D eigenvalue weighted by atomic mass is 16.5. The first-order valence-electron chi connectivity index (χ1n) is 6.37. The van der Waals surface area contributed by atoms with Crippen LogP contribution in [0.1, 0.15) is 37.7 Å². The maximum Gasteiger partial charge on any atom is 0.123 e. The van der Waals surface area contributed by atoms with Crippen LogP contribution in [0.4, 0.5) is 0 Å². The Balaban J connectivity index is 1.96. The van der Waals surface area contributed by atoms with E-state index in [1.165, 1.54) is 6.42 Å². The SMILES string of the molecule is NCc1ccccc1OCC1(O)CCCCC1. The third-order valence-corrected chi connectivity index (χ3v) is 3.47. The van der Waals surface area contributed by atoms with E-state index in [9.17, 15) is 5.11 Å². The first-order chi connectivity index (χ1) is 8.23. The summed E-state index contributed by atoms with van der Waals surface area (Å²) in [5.74, 6) is 0.800. The number of ether oxygens (including phenoxy) is 1. The van der Waals surface area contributed by atoms with Gasteiger partial charge in [0, 0.05) is 12.1 Å². The molecule has 1 fully saturated rings. The summed E-state index contributed by atoms with van der Waals surface area (Å²) in [4.78, 5) is 0. The Kier molecular flexibility index (Phi) is 4.02. The molecule has 0 spiro atoms. The van der Waals surface area contributed by atoms with E-state index in [-0.39, 0.29) is 0 Å². The summed E-state index contributed by atoms with van der Waals surface area (Å²) in [5.41, 5.74) is 6.00. The van der Waals surface area contributed by atoms with Gasteiger partial charge in [-0.05, 0) is 18.9 Å². The van der Waals surface area contributed by atoms with Crippen LogP contribution in [0, 0.1) is 0 Å². The van der Waals surface area contributed by atoms with Crippen LogP contribution in [0.25, 0.3) is 0 Å². The molecule has 1 aromatic carbocycles. The largest absolute Gasteiger partial charge is 0.490 e. The monoisotopic (exact) mass is 235 g/mol. The van der Waals surface area contributed by atoms with E-state index in [4.69, 9.17) is 10.5 Å². The van der Waals surface area contributed by atoms with E-state index in [2.05, 4.69) is 0 Å². The molecule has 0 aliphatic heterocycles. The van der Waals surface area contributed by atoms with Crippen molar-refractivity contribution in [2.24, 2.45) is 5.73 Å². The van der Waals surface area contributed by atoms with Gasteiger partial charge in [0.05, 0.1) is 5.60 Å². The zero-order chi connectivity index (χ0) is 12.1. The lowest BCUT2D eigenvalue weighted by molar-refractivity contribution is -0.0341. The Morgan fingerprint density at radius 2 is 1.88 bits per heavy atom. The van der Waals surface area contributed by atoms with E-state index in [0.29, 0.717) is 13.2 Å². The molecule has 0 amide bonds. The van der Waals surface area contributed by atoms with Crippen LogP contribution in [0.3, 0.4) is 0 Å². The molecule has 3 heteroatoms. The highest BCUT2D eigenvalue weighted by Crippen LogP contribution is 2.29. The molecule has 0 radical (unpaired) electrons. The standard InChI is InChI=1S/C14H21NO2/c15-10-12-6-2-3-7-13(12)17-11-14(16)8-4-1-5-9-14/h2-3,6-7,16H,1,4-5,8-11,15H2. The van der Waals surface area contributed by atoms with Crippen molar-refractivity contribution in [3.63, 3.8) is 0 Å². The summed E-state index contributed by atoms with van der Waals surface area (Å²) in [6.07, 6.45) is 5.11. The van der Waals surface area contributed by atoms with E-state index < -0.39 is 5.60 Å². The van der Waals surface area contributed by atoms with Crippen molar-refractivity contribution in [2.75, 3.05) is 6.61 Å². The molecule has 2 rings (SSSR count). The number of aliphatic hydroxyl groups is 1. The fourth-order valence-corrected chi connectivity index (χ4v) is 2.38. The molecule has 0 heterocycles. The number of nitrogens with two attached hydrogens (primary N) is 1. The maximum absolute atomic E-state index is 10.3. The minimum atomic E-state index is -0.639. The average molecular weight is 235 g/mol. The predicted octanol–water partition coefficient (Wildman–Crippen LogP) is 2.22. The van der Waals surface area contributed by atoms with Gasteiger partial charge in [-0.25, -0.2) is 0 Å². The van der Waals surface area contributed by atoms with Gasteiger partial charge in [0.25, 0.3) is 0 Å². The Morgan fingerprint density at radius 1 is 1.18 bits per heavy atom. The van der Waals surface area contributed by atoms with Crippen LogP contribution in [0.5, 0.6) is 5.75 Å². The van der Waals surface area contributed by atoms with Gasteiger partial charge in [0.15, 0.2) is 0 Å². The normalized spacial score (nSPS) is 18.9. The molecule has 17 heavy (non-hydrogen) atoms. The molecule has 1 saturated carbocycles. The second-order valence-electron chi connectivity index (χ2n) is 4.89. The molecule has 0 unspecified atom stereocenters. The number of para-hydroxylation sites is 1. The van der Waals surface area contributed by atoms with Crippen LogP contribution in [-0.2, 0) is 6.54 Å². The second kappa shape index (κ2) is 5.52. The molecule has 1 aliphatic rings. The van der Waals surface area contributed by atoms with Crippen LogP contribution < -0.4 is 10.5 Å². The van der Waals surface area contributed by atoms with Crippen molar-refractivity contribution in [1.82, 2.24) is 0 Å². The minimum Gasteiger partial charge on any atom is -0.490 e. The molecule has 0 atom stereocenters. The molecule has 0 aromatic heterocycles. The minimum absolute atomic E-state index is 0.379. The number of hydrogen-bond donors (Lipinski definition) is 2. The van der Waals surface area contributed by atoms with Crippen LogP contribution in [0.15, 0.2) is 24.3 Å². The number of hydrogen-bond acceptors (Lipinski definition) is 3. The van der Waals surface area contributed by atoms with Crippen molar-refractivity contribution < 1.29 is 9.84 Å². The summed E-state index contributed by atoms with van der Waals surface area (Å²) in [6.45, 7) is 0.846. The Hall–Kier alpha value is -1.06. The van der Waals surface area contributed by atoms with Crippen molar-refractivity contribution >= 4 is 0 Å². The van der Waals surface area contributed by atoms with Crippen molar-refractivity contribution in [3.8, 4) is 5.75 Å². The smallest absolute Gasteiger partial charge is 0.123 e. The molecule has 1 aliphatic carbocycles. The van der Waals surface area contributed by atoms with E-state index in [0.717, 1.165) is 37.0 Å². The van der Waals surface area contributed by atoms with Crippen LogP contribution in [0.2, 0.25) is 0 Å². The van der Waals surface area contributed by atoms with Crippen molar-refractivity contribution in [2.45, 2.75) is 44.2 Å². The zero-order valence-electron chi connectivity index (χ0n) is 10.2. The van der Waals surface area contributed by atoms with Crippen molar-refractivity contribution in [3.05, 3.63) is 29.8 Å². The first-order valence-corrected chi connectivity index (χ1v) is 6.37. The maximum atomic E-state index is 10.3. The summed E-state index contributed by atoms with van der Waals surface area (Å²) >= 11 is 0. The van der Waals surface area contributed by atoms with Gasteiger partial charge in [-0.2, -0.15) is 0 Å². The molecule has 0 bridgehead atoms. The second-order valence-corrected chi connectivity index (χ2v) is 4.89. The Bertz CT molecular complexity index is 359. The van der Waals surface area contributed by atoms with E-state index >= 15 is 0 Å². The van der Waals surface area contributed by atoms with E-state index in [1.807, 2.05) is 24.3 Å². The molecular formula is C14H21NO2. The fourth-order valence-electron chi connectivity index (χ4n) is 2.38. The third-order valence-electron chi connectivity index (χ3n) is 3.47. The lowest BCUT2D eigenvalue weighted by Crippen LogP contribution is -2.38. The molecule has 1 aromatic rings. The van der Waals surface area contributed by atoms with Gasteiger partial charge in [-0.3, -0.25) is 0 Å². The van der Waals surface area contributed by atoms with Crippen molar-refractivity contribution in [1.29, 1.82) is 0 Å². The van der Waals surface area contributed by atoms with Gasteiger partial charge in [-0.15, -0.1) is 0 Å². The summed E-state index contributed by atoms with van der Waals surface area (Å²) in [6, 6.07) is 7.75. The summed E-state index contributed by atoms with van der Waals surface area (Å²) in [7, 11) is 0. The Labute approximate surface area is 103 Å². The predicted molar refractivity (Wildman–Crippen MR) is 67.9 cm³/mol. The quantitative estimate of drug-likeness (QED) is 0.841. The molecule has 0 saturated heterocycles.